The SMILES string of the molecule is CCCOCc1ccsc1. The average Bonchev–Trinajstić information content (AvgIpc) is 2.41. The maximum Gasteiger partial charge on any atom is 0.0724 e. The Morgan fingerprint density at radius 3 is 3.10 bits per heavy atom. The van der Waals surface area contributed by atoms with E-state index in [1.807, 2.05) is 0 Å². The zero-order valence-corrected chi connectivity index (χ0v) is 6.99. The molecule has 0 N–H and O–H groups in total. The highest BCUT2D eigenvalue weighted by Crippen LogP contribution is 2.06. The van der Waals surface area contributed by atoms with Crippen molar-refractivity contribution in [2.75, 3.05) is 6.61 Å². The largest absolute Gasteiger partial charge is 0.377 e. The Labute approximate surface area is 65.6 Å². The van der Waals surface area contributed by atoms with Gasteiger partial charge in [0.2, 0.25) is 0 Å². The van der Waals surface area contributed by atoms with Gasteiger partial charge >= 0.3 is 0 Å². The second kappa shape index (κ2) is 4.47. The van der Waals surface area contributed by atoms with Gasteiger partial charge in [0.15, 0.2) is 0 Å². The van der Waals surface area contributed by atoms with Crippen LogP contribution in [-0.4, -0.2) is 6.61 Å². The molecule has 0 spiro atoms. The van der Waals surface area contributed by atoms with E-state index in [2.05, 4.69) is 23.8 Å². The molecule has 1 aromatic heterocycles. The van der Waals surface area contributed by atoms with Gasteiger partial charge in [0.25, 0.3) is 0 Å². The van der Waals surface area contributed by atoms with Gasteiger partial charge < -0.3 is 4.74 Å². The Bertz CT molecular complexity index is 158. The lowest BCUT2D eigenvalue weighted by Crippen LogP contribution is -1.91. The normalized spacial score (nSPS) is 10.1. The molecule has 0 amide bonds. The Hall–Kier alpha value is -0.340. The molecule has 1 aromatic rings. The predicted octanol–water partition coefficient (Wildman–Crippen LogP) is 2.67. The summed E-state index contributed by atoms with van der Waals surface area (Å²) in [6, 6.07) is 2.10. The minimum Gasteiger partial charge on any atom is -0.377 e. The summed E-state index contributed by atoms with van der Waals surface area (Å²) in [5.41, 5.74) is 1.29. The molecule has 0 aliphatic heterocycles. The first-order valence-electron chi connectivity index (χ1n) is 3.52. The molecule has 1 rings (SSSR count). The smallest absolute Gasteiger partial charge is 0.0724 e. The van der Waals surface area contributed by atoms with Crippen LogP contribution in [0.15, 0.2) is 16.8 Å². The first-order valence-corrected chi connectivity index (χ1v) is 4.46. The molecule has 0 saturated carbocycles. The summed E-state index contributed by atoms with van der Waals surface area (Å²) < 4.78 is 5.33. The lowest BCUT2D eigenvalue weighted by molar-refractivity contribution is 0.122. The van der Waals surface area contributed by atoms with Crippen LogP contribution in [0.4, 0.5) is 0 Å². The van der Waals surface area contributed by atoms with Crippen LogP contribution in [0.2, 0.25) is 0 Å². The molecule has 0 aliphatic rings. The molecular formula is C8H12OS. The van der Waals surface area contributed by atoms with Crippen molar-refractivity contribution < 1.29 is 4.74 Å². The summed E-state index contributed by atoms with van der Waals surface area (Å²) in [6.45, 7) is 3.76. The van der Waals surface area contributed by atoms with Crippen molar-refractivity contribution in [3.8, 4) is 0 Å². The van der Waals surface area contributed by atoms with Gasteiger partial charge in [0, 0.05) is 6.61 Å². The summed E-state index contributed by atoms with van der Waals surface area (Å²) in [5, 5.41) is 4.19. The molecule has 2 heteroatoms. The van der Waals surface area contributed by atoms with Crippen LogP contribution in [-0.2, 0) is 11.3 Å². The van der Waals surface area contributed by atoms with Crippen molar-refractivity contribution in [3.05, 3.63) is 22.4 Å². The fourth-order valence-electron chi connectivity index (χ4n) is 0.709. The van der Waals surface area contributed by atoms with E-state index in [4.69, 9.17) is 4.74 Å². The molecular weight excluding hydrogens is 144 g/mol. The van der Waals surface area contributed by atoms with E-state index in [-0.39, 0.29) is 0 Å². The third kappa shape index (κ3) is 2.50. The minimum atomic E-state index is 0.775. The van der Waals surface area contributed by atoms with Gasteiger partial charge in [-0.3, -0.25) is 0 Å². The monoisotopic (exact) mass is 156 g/mol. The number of rotatable bonds is 4. The summed E-state index contributed by atoms with van der Waals surface area (Å²) >= 11 is 1.72. The lowest BCUT2D eigenvalue weighted by atomic mass is 10.4. The summed E-state index contributed by atoms with van der Waals surface area (Å²) in [7, 11) is 0. The highest BCUT2D eigenvalue weighted by molar-refractivity contribution is 7.07. The maximum atomic E-state index is 5.33. The molecule has 0 unspecified atom stereocenters. The van der Waals surface area contributed by atoms with Gasteiger partial charge in [-0.2, -0.15) is 11.3 Å². The third-order valence-electron chi connectivity index (χ3n) is 1.20. The van der Waals surface area contributed by atoms with Gasteiger partial charge in [0.1, 0.15) is 0 Å². The molecule has 0 aromatic carbocycles. The molecule has 0 atom stereocenters. The van der Waals surface area contributed by atoms with Gasteiger partial charge in [-0.05, 0) is 28.8 Å². The number of ether oxygens (including phenoxy) is 1. The van der Waals surface area contributed by atoms with Crippen LogP contribution in [0, 0.1) is 0 Å². The molecule has 56 valence electrons. The average molecular weight is 156 g/mol. The molecule has 0 saturated heterocycles. The van der Waals surface area contributed by atoms with Crippen LogP contribution >= 0.6 is 11.3 Å². The molecule has 0 aliphatic carbocycles. The predicted molar refractivity (Wildman–Crippen MR) is 44.3 cm³/mol. The molecule has 0 fully saturated rings. The summed E-state index contributed by atoms with van der Waals surface area (Å²) in [4.78, 5) is 0. The van der Waals surface area contributed by atoms with Crippen LogP contribution < -0.4 is 0 Å². The van der Waals surface area contributed by atoms with E-state index in [1.54, 1.807) is 11.3 Å². The minimum absolute atomic E-state index is 0.775. The van der Waals surface area contributed by atoms with E-state index in [0.717, 1.165) is 19.6 Å². The van der Waals surface area contributed by atoms with E-state index in [0.29, 0.717) is 0 Å². The zero-order valence-electron chi connectivity index (χ0n) is 6.17. The van der Waals surface area contributed by atoms with Crippen molar-refractivity contribution in [1.29, 1.82) is 0 Å². The summed E-state index contributed by atoms with van der Waals surface area (Å²) in [5.74, 6) is 0. The van der Waals surface area contributed by atoms with Crippen molar-refractivity contribution in [1.82, 2.24) is 0 Å². The molecule has 0 bridgehead atoms. The first kappa shape index (κ1) is 7.76. The topological polar surface area (TPSA) is 9.23 Å². The number of hydrogen-bond donors (Lipinski definition) is 0. The third-order valence-corrected chi connectivity index (χ3v) is 1.93. The number of hydrogen-bond acceptors (Lipinski definition) is 2. The highest BCUT2D eigenvalue weighted by Gasteiger charge is 1.90. The van der Waals surface area contributed by atoms with Crippen molar-refractivity contribution in [3.63, 3.8) is 0 Å². The zero-order chi connectivity index (χ0) is 7.23. The van der Waals surface area contributed by atoms with E-state index < -0.39 is 0 Å². The Morgan fingerprint density at radius 2 is 2.50 bits per heavy atom. The molecule has 1 nitrogen and oxygen atoms in total. The van der Waals surface area contributed by atoms with Crippen LogP contribution in [0.25, 0.3) is 0 Å². The second-order valence-corrected chi connectivity index (χ2v) is 2.96. The Balaban J connectivity index is 2.15. The van der Waals surface area contributed by atoms with Crippen LogP contribution in [0.5, 0.6) is 0 Å². The van der Waals surface area contributed by atoms with E-state index in [9.17, 15) is 0 Å². The van der Waals surface area contributed by atoms with Gasteiger partial charge in [-0.25, -0.2) is 0 Å². The van der Waals surface area contributed by atoms with Gasteiger partial charge in [0.05, 0.1) is 6.61 Å². The first-order chi connectivity index (χ1) is 4.93. The molecule has 1 heterocycles. The highest BCUT2D eigenvalue weighted by atomic mass is 32.1. The maximum absolute atomic E-state index is 5.33. The van der Waals surface area contributed by atoms with Crippen molar-refractivity contribution in [2.24, 2.45) is 0 Å². The summed E-state index contributed by atoms with van der Waals surface area (Å²) in [6.07, 6.45) is 1.10. The van der Waals surface area contributed by atoms with E-state index in [1.165, 1.54) is 5.56 Å². The Morgan fingerprint density at radius 1 is 1.60 bits per heavy atom. The van der Waals surface area contributed by atoms with Crippen LogP contribution in [0.1, 0.15) is 18.9 Å². The molecule has 10 heavy (non-hydrogen) atoms. The van der Waals surface area contributed by atoms with Gasteiger partial charge in [-0.1, -0.05) is 6.92 Å². The molecule has 0 radical (unpaired) electrons. The number of thiophene rings is 1. The van der Waals surface area contributed by atoms with Gasteiger partial charge in [-0.15, -0.1) is 0 Å². The van der Waals surface area contributed by atoms with Crippen LogP contribution in [0.3, 0.4) is 0 Å². The standard InChI is InChI=1S/C8H12OS/c1-2-4-9-6-8-3-5-10-7-8/h3,5,7H,2,4,6H2,1H3. The Kier molecular flexibility index (Phi) is 3.47. The van der Waals surface area contributed by atoms with E-state index >= 15 is 0 Å². The van der Waals surface area contributed by atoms with Crippen molar-refractivity contribution >= 4 is 11.3 Å². The fourth-order valence-corrected chi connectivity index (χ4v) is 1.36. The quantitative estimate of drug-likeness (QED) is 0.609. The fraction of sp³-hybridized carbons (Fsp3) is 0.500. The second-order valence-electron chi connectivity index (χ2n) is 2.18. The lowest BCUT2D eigenvalue weighted by Gasteiger charge is -1.97. The van der Waals surface area contributed by atoms with Crippen molar-refractivity contribution in [2.45, 2.75) is 20.0 Å².